The van der Waals surface area contributed by atoms with Crippen molar-refractivity contribution in [3.8, 4) is 16.2 Å². The number of thiazole rings is 1. The van der Waals surface area contributed by atoms with Crippen molar-refractivity contribution in [1.29, 1.82) is 0 Å². The van der Waals surface area contributed by atoms with E-state index in [1.54, 1.807) is 20.2 Å². The molecule has 0 aliphatic carbocycles. The van der Waals surface area contributed by atoms with E-state index in [1.165, 1.54) is 29.5 Å². The first-order valence-corrected chi connectivity index (χ1v) is 10.2. The molecular weight excluding hydrogens is 413 g/mol. The molecule has 1 heterocycles. The second-order valence-electron chi connectivity index (χ2n) is 6.65. The third-order valence-electron chi connectivity index (χ3n) is 4.46. The van der Waals surface area contributed by atoms with Crippen LogP contribution in [0.2, 0.25) is 5.02 Å². The molecule has 5 nitrogen and oxygen atoms in total. The van der Waals surface area contributed by atoms with Gasteiger partial charge < -0.3 is 15.8 Å². The summed E-state index contributed by atoms with van der Waals surface area (Å²) in [7, 11) is 1.63. The molecule has 0 saturated carbocycles. The van der Waals surface area contributed by atoms with Crippen molar-refractivity contribution in [3.05, 3.63) is 64.5 Å². The van der Waals surface area contributed by atoms with Crippen LogP contribution in [0.1, 0.15) is 24.4 Å². The van der Waals surface area contributed by atoms with E-state index in [1.807, 2.05) is 24.3 Å². The number of carbonyl (C=O) groups excluding carboxylic acids is 1. The summed E-state index contributed by atoms with van der Waals surface area (Å²) in [6, 6.07) is 11.4. The zero-order chi connectivity index (χ0) is 21.0. The van der Waals surface area contributed by atoms with Crippen LogP contribution in [0.4, 0.5) is 10.1 Å². The van der Waals surface area contributed by atoms with E-state index in [2.05, 4.69) is 10.3 Å². The predicted octanol–water partition coefficient (Wildman–Crippen LogP) is 5.28. The van der Waals surface area contributed by atoms with E-state index in [9.17, 15) is 9.18 Å². The Morgan fingerprint density at radius 1 is 1.31 bits per heavy atom. The Hall–Kier alpha value is -2.48. The molecule has 3 aromatic rings. The first kappa shape index (κ1) is 21.2. The number of ether oxygens (including phenoxy) is 1. The molecule has 2 atom stereocenters. The van der Waals surface area contributed by atoms with Crippen LogP contribution in [0.25, 0.3) is 10.4 Å². The highest BCUT2D eigenvalue weighted by molar-refractivity contribution is 7.15. The van der Waals surface area contributed by atoms with Gasteiger partial charge >= 0.3 is 0 Å². The van der Waals surface area contributed by atoms with Crippen molar-refractivity contribution in [2.75, 3.05) is 12.4 Å². The van der Waals surface area contributed by atoms with Gasteiger partial charge in [-0.2, -0.15) is 0 Å². The number of carbonyl (C=O) groups is 1. The monoisotopic (exact) mass is 433 g/mol. The molecule has 29 heavy (non-hydrogen) atoms. The van der Waals surface area contributed by atoms with Gasteiger partial charge in [0.15, 0.2) is 0 Å². The number of nitrogens with one attached hydrogen (secondary N) is 1. The molecule has 0 bridgehead atoms. The number of rotatable bonds is 7. The molecular formula is C21H21ClFN3O2S. The number of hydrogen-bond donors (Lipinski definition) is 2. The fraction of sp³-hybridized carbons (Fsp3) is 0.238. The van der Waals surface area contributed by atoms with Crippen LogP contribution < -0.4 is 15.8 Å². The molecule has 0 aliphatic rings. The SMILES string of the molecule is COc1ccc(-c2cnc(C(N)CC(C)C(=O)Nc3ccc(F)c(Cl)c3)s2)cc1. The molecule has 0 fully saturated rings. The van der Waals surface area contributed by atoms with Crippen molar-refractivity contribution in [2.24, 2.45) is 11.7 Å². The lowest BCUT2D eigenvalue weighted by Crippen LogP contribution is -2.24. The van der Waals surface area contributed by atoms with Gasteiger partial charge in [0.2, 0.25) is 5.91 Å². The number of aromatic nitrogens is 1. The van der Waals surface area contributed by atoms with Crippen molar-refractivity contribution in [2.45, 2.75) is 19.4 Å². The molecule has 152 valence electrons. The van der Waals surface area contributed by atoms with Crippen LogP contribution in [0.3, 0.4) is 0 Å². The minimum absolute atomic E-state index is 0.0407. The highest BCUT2D eigenvalue weighted by Gasteiger charge is 2.20. The van der Waals surface area contributed by atoms with Gasteiger partial charge in [0.1, 0.15) is 16.6 Å². The fourth-order valence-corrected chi connectivity index (χ4v) is 3.89. The van der Waals surface area contributed by atoms with Gasteiger partial charge in [-0.15, -0.1) is 11.3 Å². The molecule has 3 rings (SSSR count). The fourth-order valence-electron chi connectivity index (χ4n) is 2.78. The van der Waals surface area contributed by atoms with E-state index in [0.29, 0.717) is 12.1 Å². The largest absolute Gasteiger partial charge is 0.497 e. The molecule has 1 aromatic heterocycles. The second kappa shape index (κ2) is 9.35. The zero-order valence-electron chi connectivity index (χ0n) is 16.0. The van der Waals surface area contributed by atoms with Gasteiger partial charge in [-0.05, 0) is 54.4 Å². The summed E-state index contributed by atoms with van der Waals surface area (Å²) in [6.07, 6.45) is 2.21. The van der Waals surface area contributed by atoms with Gasteiger partial charge in [-0.3, -0.25) is 4.79 Å². The summed E-state index contributed by atoms with van der Waals surface area (Å²) in [5.74, 6) is -0.314. The van der Waals surface area contributed by atoms with Gasteiger partial charge in [0, 0.05) is 17.8 Å². The average molecular weight is 434 g/mol. The Labute approximate surface area is 177 Å². The highest BCUT2D eigenvalue weighted by Crippen LogP contribution is 2.31. The van der Waals surface area contributed by atoms with Gasteiger partial charge in [-0.1, -0.05) is 18.5 Å². The Kier molecular flexibility index (Phi) is 6.84. The predicted molar refractivity (Wildman–Crippen MR) is 115 cm³/mol. The van der Waals surface area contributed by atoms with E-state index in [-0.39, 0.29) is 22.9 Å². The lowest BCUT2D eigenvalue weighted by Gasteiger charge is -2.16. The normalized spacial score (nSPS) is 13.0. The number of anilines is 1. The van der Waals surface area contributed by atoms with Crippen LogP contribution >= 0.6 is 22.9 Å². The maximum absolute atomic E-state index is 13.2. The molecule has 1 amide bonds. The van der Waals surface area contributed by atoms with Gasteiger partial charge in [-0.25, -0.2) is 9.37 Å². The van der Waals surface area contributed by atoms with Crippen LogP contribution in [-0.4, -0.2) is 18.0 Å². The van der Waals surface area contributed by atoms with Crippen molar-refractivity contribution in [3.63, 3.8) is 0 Å². The maximum Gasteiger partial charge on any atom is 0.227 e. The topological polar surface area (TPSA) is 77.2 Å². The molecule has 8 heteroatoms. The number of hydrogen-bond acceptors (Lipinski definition) is 5. The Balaban J connectivity index is 1.61. The molecule has 2 aromatic carbocycles. The molecule has 3 N–H and O–H groups in total. The van der Waals surface area contributed by atoms with Crippen LogP contribution in [0, 0.1) is 11.7 Å². The number of amides is 1. The van der Waals surface area contributed by atoms with Crippen molar-refractivity contribution < 1.29 is 13.9 Å². The number of nitrogens with zero attached hydrogens (tertiary/aromatic N) is 1. The lowest BCUT2D eigenvalue weighted by atomic mass is 10.0. The molecule has 0 spiro atoms. The smallest absolute Gasteiger partial charge is 0.227 e. The second-order valence-corrected chi connectivity index (χ2v) is 8.12. The highest BCUT2D eigenvalue weighted by atomic mass is 35.5. The zero-order valence-corrected chi connectivity index (χ0v) is 17.6. The van der Waals surface area contributed by atoms with Gasteiger partial charge in [0.05, 0.1) is 23.1 Å². The molecule has 2 unspecified atom stereocenters. The third kappa shape index (κ3) is 5.32. The van der Waals surface area contributed by atoms with Crippen molar-refractivity contribution >= 4 is 34.5 Å². The Morgan fingerprint density at radius 2 is 2.03 bits per heavy atom. The summed E-state index contributed by atoms with van der Waals surface area (Å²) < 4.78 is 18.4. The van der Waals surface area contributed by atoms with E-state index < -0.39 is 5.82 Å². The number of benzene rings is 2. The summed E-state index contributed by atoms with van der Waals surface area (Å²) >= 11 is 7.25. The summed E-state index contributed by atoms with van der Waals surface area (Å²) in [6.45, 7) is 1.79. The van der Waals surface area contributed by atoms with E-state index >= 15 is 0 Å². The summed E-state index contributed by atoms with van der Waals surface area (Å²) in [5.41, 5.74) is 7.76. The quantitative estimate of drug-likeness (QED) is 0.531. The Morgan fingerprint density at radius 3 is 2.69 bits per heavy atom. The standard InChI is InChI=1S/C21H21ClFN3O2S/c1-12(20(27)26-14-5-8-17(23)16(22)10-14)9-18(24)21-25-11-19(29-21)13-3-6-15(28-2)7-4-13/h3-8,10-12,18H,9,24H2,1-2H3,(H,26,27). The molecule has 0 radical (unpaired) electrons. The number of halogens is 2. The van der Waals surface area contributed by atoms with E-state index in [0.717, 1.165) is 21.2 Å². The van der Waals surface area contributed by atoms with E-state index in [4.69, 9.17) is 22.1 Å². The molecule has 0 saturated heterocycles. The first-order chi connectivity index (χ1) is 13.9. The summed E-state index contributed by atoms with van der Waals surface area (Å²) in [5, 5.41) is 3.46. The minimum atomic E-state index is -0.531. The number of nitrogens with two attached hydrogens (primary N) is 1. The Bertz CT molecular complexity index is 994. The maximum atomic E-state index is 13.2. The van der Waals surface area contributed by atoms with Crippen LogP contribution in [0.15, 0.2) is 48.7 Å². The molecule has 0 aliphatic heterocycles. The number of methoxy groups -OCH3 is 1. The van der Waals surface area contributed by atoms with Crippen molar-refractivity contribution in [1.82, 2.24) is 4.98 Å². The van der Waals surface area contributed by atoms with Crippen LogP contribution in [0.5, 0.6) is 5.75 Å². The average Bonchev–Trinajstić information content (AvgIpc) is 3.21. The van der Waals surface area contributed by atoms with Gasteiger partial charge in [0.25, 0.3) is 0 Å². The lowest BCUT2D eigenvalue weighted by molar-refractivity contribution is -0.119. The first-order valence-electron chi connectivity index (χ1n) is 8.99. The van der Waals surface area contributed by atoms with Crippen LogP contribution in [-0.2, 0) is 4.79 Å². The minimum Gasteiger partial charge on any atom is -0.497 e. The summed E-state index contributed by atoms with van der Waals surface area (Å²) in [4.78, 5) is 17.9. The third-order valence-corrected chi connectivity index (χ3v) is 5.93.